The molecule has 1 aliphatic heterocycles. The monoisotopic (exact) mass is 304 g/mol. The first-order valence-electron chi connectivity index (χ1n) is 8.08. The Bertz CT molecular complexity index is 517. The summed E-state index contributed by atoms with van der Waals surface area (Å²) in [6, 6.07) is 0. The average Bonchev–Trinajstić information content (AvgIpc) is 3.07. The topological polar surface area (TPSA) is 66.5 Å². The van der Waals surface area contributed by atoms with Gasteiger partial charge in [0, 0.05) is 6.54 Å². The van der Waals surface area contributed by atoms with Gasteiger partial charge in [0.15, 0.2) is 0 Å². The van der Waals surface area contributed by atoms with E-state index in [9.17, 15) is 14.4 Å². The van der Waals surface area contributed by atoms with Gasteiger partial charge in [-0.3, -0.25) is 19.3 Å². The molecule has 120 valence electrons. The van der Waals surface area contributed by atoms with Gasteiger partial charge in [0.2, 0.25) is 17.7 Å². The summed E-state index contributed by atoms with van der Waals surface area (Å²) in [6.45, 7) is 6.76. The largest absolute Gasteiger partial charge is 0.355 e. The van der Waals surface area contributed by atoms with Gasteiger partial charge < -0.3 is 5.32 Å². The summed E-state index contributed by atoms with van der Waals surface area (Å²) in [7, 11) is 0. The molecule has 4 atom stereocenters. The minimum atomic E-state index is -0.244. The first-order valence-corrected chi connectivity index (χ1v) is 8.08. The van der Waals surface area contributed by atoms with Crippen LogP contribution in [0.1, 0.15) is 33.6 Å². The van der Waals surface area contributed by atoms with E-state index in [2.05, 4.69) is 38.2 Å². The molecule has 5 nitrogen and oxygen atoms in total. The van der Waals surface area contributed by atoms with E-state index in [1.165, 1.54) is 4.90 Å². The van der Waals surface area contributed by atoms with Crippen LogP contribution in [-0.4, -0.2) is 35.7 Å². The molecular formula is C17H24N2O3. The van der Waals surface area contributed by atoms with E-state index in [4.69, 9.17) is 0 Å². The van der Waals surface area contributed by atoms with Crippen LogP contribution in [0.4, 0.5) is 0 Å². The molecule has 2 bridgehead atoms. The van der Waals surface area contributed by atoms with Crippen LogP contribution in [0.5, 0.6) is 0 Å². The molecule has 0 aromatic carbocycles. The summed E-state index contributed by atoms with van der Waals surface area (Å²) >= 11 is 0. The van der Waals surface area contributed by atoms with E-state index in [0.29, 0.717) is 6.54 Å². The third kappa shape index (κ3) is 2.57. The molecule has 1 heterocycles. The van der Waals surface area contributed by atoms with Gasteiger partial charge in [0.25, 0.3) is 0 Å². The quantitative estimate of drug-likeness (QED) is 0.630. The predicted molar refractivity (Wildman–Crippen MR) is 81.5 cm³/mol. The van der Waals surface area contributed by atoms with Gasteiger partial charge in [-0.1, -0.05) is 32.9 Å². The van der Waals surface area contributed by atoms with Gasteiger partial charge in [-0.15, -0.1) is 0 Å². The summed E-state index contributed by atoms with van der Waals surface area (Å²) in [4.78, 5) is 38.1. The normalized spacial score (nSPS) is 32.8. The smallest absolute Gasteiger partial charge is 0.240 e. The summed E-state index contributed by atoms with van der Waals surface area (Å²) in [5.74, 6) is -0.600. The first kappa shape index (κ1) is 15.3. The lowest BCUT2D eigenvalue weighted by molar-refractivity contribution is -0.144. The van der Waals surface area contributed by atoms with Crippen LogP contribution in [0.25, 0.3) is 0 Å². The molecule has 1 saturated carbocycles. The standard InChI is InChI=1S/C17H24N2O3/c1-17(2,3)6-7-18-12(20)9-19-15(21)13-10-4-5-11(8-10)14(13)16(19)22/h4-5,10-11,13-14H,6-9H2,1-3H3,(H,18,20). The Kier molecular flexibility index (Phi) is 3.62. The summed E-state index contributed by atoms with van der Waals surface area (Å²) in [6.07, 6.45) is 5.90. The minimum absolute atomic E-state index is 0.131. The highest BCUT2D eigenvalue weighted by Gasteiger charge is 2.59. The highest BCUT2D eigenvalue weighted by Crippen LogP contribution is 2.52. The number of nitrogens with one attached hydrogen (secondary N) is 1. The Balaban J connectivity index is 1.57. The van der Waals surface area contributed by atoms with Crippen molar-refractivity contribution in [2.45, 2.75) is 33.6 Å². The fourth-order valence-electron chi connectivity index (χ4n) is 3.90. The molecule has 0 radical (unpaired) electrons. The summed E-state index contributed by atoms with van der Waals surface area (Å²) in [5.41, 5.74) is 0.147. The van der Waals surface area contributed by atoms with Crippen molar-refractivity contribution in [2.24, 2.45) is 29.1 Å². The maximum atomic E-state index is 12.4. The lowest BCUT2D eigenvalue weighted by Crippen LogP contribution is -2.42. The molecule has 2 aliphatic carbocycles. The van der Waals surface area contributed by atoms with Crippen molar-refractivity contribution < 1.29 is 14.4 Å². The molecule has 3 aliphatic rings. The number of hydrogen-bond acceptors (Lipinski definition) is 3. The second kappa shape index (κ2) is 5.21. The number of rotatable bonds is 4. The fourth-order valence-corrected chi connectivity index (χ4v) is 3.90. The number of nitrogens with zero attached hydrogens (tertiary/aromatic N) is 1. The van der Waals surface area contributed by atoms with Crippen molar-refractivity contribution in [1.82, 2.24) is 10.2 Å². The third-order valence-electron chi connectivity index (χ3n) is 5.06. The molecule has 0 aromatic heterocycles. The maximum absolute atomic E-state index is 12.4. The Hall–Kier alpha value is -1.65. The molecule has 1 N–H and O–H groups in total. The van der Waals surface area contributed by atoms with Crippen molar-refractivity contribution in [3.05, 3.63) is 12.2 Å². The molecule has 4 unspecified atom stereocenters. The van der Waals surface area contributed by atoms with Crippen LogP contribution in [0, 0.1) is 29.1 Å². The molecular weight excluding hydrogens is 280 g/mol. The summed E-state index contributed by atoms with van der Waals surface area (Å²) in [5, 5.41) is 2.81. The lowest BCUT2D eigenvalue weighted by atomic mass is 9.85. The third-order valence-corrected chi connectivity index (χ3v) is 5.06. The minimum Gasteiger partial charge on any atom is -0.355 e. The lowest BCUT2D eigenvalue weighted by Gasteiger charge is -2.20. The van der Waals surface area contributed by atoms with Gasteiger partial charge in [0.1, 0.15) is 6.54 Å². The number of allylic oxidation sites excluding steroid dienone is 2. The number of amides is 3. The molecule has 3 rings (SSSR count). The Morgan fingerprint density at radius 3 is 2.23 bits per heavy atom. The average molecular weight is 304 g/mol. The van der Waals surface area contributed by atoms with Crippen LogP contribution in [0.2, 0.25) is 0 Å². The summed E-state index contributed by atoms with van der Waals surface area (Å²) < 4.78 is 0. The van der Waals surface area contributed by atoms with E-state index in [0.717, 1.165) is 12.8 Å². The molecule has 0 aromatic rings. The number of carbonyl (C=O) groups excluding carboxylic acids is 3. The van der Waals surface area contributed by atoms with E-state index < -0.39 is 0 Å². The van der Waals surface area contributed by atoms with Gasteiger partial charge >= 0.3 is 0 Å². The molecule has 5 heteroatoms. The van der Waals surface area contributed by atoms with Gasteiger partial charge in [0.05, 0.1) is 11.8 Å². The van der Waals surface area contributed by atoms with Crippen molar-refractivity contribution in [3.63, 3.8) is 0 Å². The number of hydrogen-bond donors (Lipinski definition) is 1. The van der Waals surface area contributed by atoms with Crippen LogP contribution in [0.3, 0.4) is 0 Å². The van der Waals surface area contributed by atoms with Crippen molar-refractivity contribution in [2.75, 3.05) is 13.1 Å². The molecule has 0 spiro atoms. The van der Waals surface area contributed by atoms with E-state index >= 15 is 0 Å². The zero-order chi connectivity index (χ0) is 16.1. The Morgan fingerprint density at radius 2 is 1.73 bits per heavy atom. The Labute approximate surface area is 131 Å². The zero-order valence-electron chi connectivity index (χ0n) is 13.5. The van der Waals surface area contributed by atoms with E-state index in [1.807, 2.05) is 0 Å². The molecule has 22 heavy (non-hydrogen) atoms. The van der Waals surface area contributed by atoms with Crippen molar-refractivity contribution >= 4 is 17.7 Å². The number of likely N-dealkylation sites (tertiary alicyclic amines) is 1. The van der Waals surface area contributed by atoms with Crippen molar-refractivity contribution in [3.8, 4) is 0 Å². The molecule has 2 fully saturated rings. The second-order valence-corrected chi connectivity index (χ2v) is 7.92. The highest BCUT2D eigenvalue weighted by atomic mass is 16.2. The number of carbonyl (C=O) groups is 3. The van der Waals surface area contributed by atoms with Crippen LogP contribution >= 0.6 is 0 Å². The molecule has 3 amide bonds. The number of imide groups is 1. The first-order chi connectivity index (χ1) is 10.3. The van der Waals surface area contributed by atoms with Gasteiger partial charge in [-0.25, -0.2) is 0 Å². The van der Waals surface area contributed by atoms with Gasteiger partial charge in [-0.2, -0.15) is 0 Å². The second-order valence-electron chi connectivity index (χ2n) is 7.92. The number of fused-ring (bicyclic) bond motifs is 5. The SMILES string of the molecule is CC(C)(C)CCNC(=O)CN1C(=O)C2C3C=CC(C3)C2C1=O. The predicted octanol–water partition coefficient (Wildman–Crippen LogP) is 1.35. The van der Waals surface area contributed by atoms with Gasteiger partial charge in [-0.05, 0) is 30.1 Å². The van der Waals surface area contributed by atoms with E-state index in [-0.39, 0.29) is 53.4 Å². The zero-order valence-corrected chi connectivity index (χ0v) is 13.5. The Morgan fingerprint density at radius 1 is 1.18 bits per heavy atom. The fraction of sp³-hybridized carbons (Fsp3) is 0.706. The molecule has 1 saturated heterocycles. The highest BCUT2D eigenvalue weighted by molar-refractivity contribution is 6.08. The van der Waals surface area contributed by atoms with Crippen LogP contribution in [0.15, 0.2) is 12.2 Å². The van der Waals surface area contributed by atoms with Crippen molar-refractivity contribution in [1.29, 1.82) is 0 Å². The maximum Gasteiger partial charge on any atom is 0.240 e. The van der Waals surface area contributed by atoms with E-state index in [1.54, 1.807) is 0 Å². The van der Waals surface area contributed by atoms with Crippen LogP contribution < -0.4 is 5.32 Å². The van der Waals surface area contributed by atoms with Crippen LogP contribution in [-0.2, 0) is 14.4 Å².